The molecule has 2 fully saturated rings. The lowest BCUT2D eigenvalue weighted by Crippen LogP contribution is -2.53. The van der Waals surface area contributed by atoms with Gasteiger partial charge in [-0.15, -0.1) is 0 Å². The van der Waals surface area contributed by atoms with Crippen molar-refractivity contribution in [1.82, 2.24) is 14.7 Å². The zero-order chi connectivity index (χ0) is 22.4. The Morgan fingerprint density at radius 2 is 1.41 bits per heavy atom. The normalized spacial score (nSPS) is 22.2. The summed E-state index contributed by atoms with van der Waals surface area (Å²) in [6.45, 7) is 1.26. The van der Waals surface area contributed by atoms with Gasteiger partial charge in [0.1, 0.15) is 12.4 Å². The highest BCUT2D eigenvalue weighted by atomic mass is 19.1. The summed E-state index contributed by atoms with van der Waals surface area (Å²) in [7, 11) is 0. The summed E-state index contributed by atoms with van der Waals surface area (Å²) in [4.78, 5) is 54.9. The van der Waals surface area contributed by atoms with Crippen molar-refractivity contribution in [1.29, 1.82) is 0 Å². The lowest BCUT2D eigenvalue weighted by molar-refractivity contribution is -0.140. The van der Waals surface area contributed by atoms with Crippen LogP contribution in [0.1, 0.15) is 38.6 Å². The molecule has 3 aliphatic rings. The van der Waals surface area contributed by atoms with E-state index in [1.165, 1.54) is 12.1 Å². The molecule has 0 aromatic heterocycles. The number of hydrogen-bond acceptors (Lipinski definition) is 4. The van der Waals surface area contributed by atoms with Gasteiger partial charge >= 0.3 is 0 Å². The summed E-state index contributed by atoms with van der Waals surface area (Å²) < 4.78 is 13.1. The van der Waals surface area contributed by atoms with E-state index in [0.29, 0.717) is 37.3 Å². The predicted molar refractivity (Wildman–Crippen MR) is 112 cm³/mol. The van der Waals surface area contributed by atoms with Crippen molar-refractivity contribution in [2.45, 2.75) is 12.3 Å². The fraction of sp³-hybridized carbons (Fsp3) is 0.333. The lowest BCUT2D eigenvalue weighted by Gasteiger charge is -2.35. The molecule has 0 bridgehead atoms. The van der Waals surface area contributed by atoms with Gasteiger partial charge < -0.3 is 9.80 Å². The molecule has 0 N–H and O–H groups in total. The predicted octanol–water partition coefficient (Wildman–Crippen LogP) is 1.90. The van der Waals surface area contributed by atoms with Crippen molar-refractivity contribution < 1.29 is 23.6 Å². The van der Waals surface area contributed by atoms with E-state index >= 15 is 0 Å². The number of carbonyl (C=O) groups is 4. The van der Waals surface area contributed by atoms with Gasteiger partial charge in [0.2, 0.25) is 11.8 Å². The van der Waals surface area contributed by atoms with Crippen LogP contribution >= 0.6 is 0 Å². The molecule has 1 saturated carbocycles. The molecule has 8 heteroatoms. The Bertz CT molecular complexity index is 1070. The van der Waals surface area contributed by atoms with Gasteiger partial charge in [-0.25, -0.2) is 4.39 Å². The Balaban J connectivity index is 1.14. The van der Waals surface area contributed by atoms with Gasteiger partial charge in [-0.3, -0.25) is 24.1 Å². The molecule has 1 aliphatic carbocycles. The van der Waals surface area contributed by atoms with Crippen molar-refractivity contribution in [3.8, 4) is 0 Å². The molecule has 2 aromatic rings. The second kappa shape index (κ2) is 7.85. The summed E-state index contributed by atoms with van der Waals surface area (Å²) in [5.41, 5.74) is 1.61. The molecule has 2 aromatic carbocycles. The summed E-state index contributed by atoms with van der Waals surface area (Å²) in [6.07, 6.45) is 0.753. The van der Waals surface area contributed by atoms with E-state index in [0.717, 1.165) is 16.9 Å². The Morgan fingerprint density at radius 1 is 0.844 bits per heavy atom. The SMILES string of the molecule is O=C(CN1C(=O)c2ccccc2C1=O)N1CCN(C(=O)[C@H]2C[C@H]2c2ccc(F)cc2)CC1. The summed E-state index contributed by atoms with van der Waals surface area (Å²) in [6, 6.07) is 12.8. The van der Waals surface area contributed by atoms with Crippen LogP contribution in [0.2, 0.25) is 0 Å². The molecule has 2 aliphatic heterocycles. The lowest BCUT2D eigenvalue weighted by atomic mass is 10.1. The van der Waals surface area contributed by atoms with Gasteiger partial charge in [0.05, 0.1) is 11.1 Å². The van der Waals surface area contributed by atoms with Gasteiger partial charge in [0, 0.05) is 32.1 Å². The van der Waals surface area contributed by atoms with Crippen molar-refractivity contribution >= 4 is 23.6 Å². The maximum absolute atomic E-state index is 13.1. The zero-order valence-corrected chi connectivity index (χ0v) is 17.4. The molecule has 164 valence electrons. The van der Waals surface area contributed by atoms with E-state index in [9.17, 15) is 23.6 Å². The monoisotopic (exact) mass is 435 g/mol. The van der Waals surface area contributed by atoms with Crippen molar-refractivity contribution in [3.63, 3.8) is 0 Å². The third-order valence-electron chi connectivity index (χ3n) is 6.52. The maximum atomic E-state index is 13.1. The number of nitrogens with zero attached hydrogens (tertiary/aromatic N) is 3. The molecular weight excluding hydrogens is 413 g/mol. The molecular formula is C24H22FN3O4. The van der Waals surface area contributed by atoms with Crippen LogP contribution in [0.5, 0.6) is 0 Å². The van der Waals surface area contributed by atoms with Crippen molar-refractivity contribution in [3.05, 3.63) is 71.0 Å². The molecule has 32 heavy (non-hydrogen) atoms. The quantitative estimate of drug-likeness (QED) is 0.688. The highest BCUT2D eigenvalue weighted by Gasteiger charge is 2.46. The summed E-state index contributed by atoms with van der Waals surface area (Å²) >= 11 is 0. The molecule has 2 heterocycles. The van der Waals surface area contributed by atoms with Gasteiger partial charge in [0.25, 0.3) is 11.8 Å². The minimum absolute atomic E-state index is 0.0618. The molecule has 5 rings (SSSR count). The van der Waals surface area contributed by atoms with Crippen LogP contribution in [0, 0.1) is 11.7 Å². The number of benzene rings is 2. The Hall–Kier alpha value is -3.55. The van der Waals surface area contributed by atoms with Crippen LogP contribution < -0.4 is 0 Å². The van der Waals surface area contributed by atoms with Crippen molar-refractivity contribution in [2.24, 2.45) is 5.92 Å². The molecule has 2 atom stereocenters. The van der Waals surface area contributed by atoms with Gasteiger partial charge in [-0.2, -0.15) is 0 Å². The van der Waals surface area contributed by atoms with Gasteiger partial charge in [-0.05, 0) is 42.2 Å². The van der Waals surface area contributed by atoms with E-state index in [4.69, 9.17) is 0 Å². The number of hydrogen-bond donors (Lipinski definition) is 0. The zero-order valence-electron chi connectivity index (χ0n) is 17.4. The van der Waals surface area contributed by atoms with Gasteiger partial charge in [-0.1, -0.05) is 24.3 Å². The van der Waals surface area contributed by atoms with E-state index < -0.39 is 11.8 Å². The number of fused-ring (bicyclic) bond motifs is 1. The molecule has 0 radical (unpaired) electrons. The topological polar surface area (TPSA) is 78.0 Å². The molecule has 7 nitrogen and oxygen atoms in total. The standard InChI is InChI=1S/C24H22FN3O4/c25-16-7-5-15(6-8-16)19-13-20(19)22(30)27-11-9-26(10-12-27)21(29)14-28-23(31)17-3-1-2-4-18(17)24(28)32/h1-8,19-20H,9-14H2/t19-,20-/m0/s1. The first-order valence-corrected chi connectivity index (χ1v) is 10.7. The average molecular weight is 435 g/mol. The van der Waals surface area contributed by atoms with E-state index in [2.05, 4.69) is 0 Å². The number of imide groups is 1. The molecule has 1 saturated heterocycles. The van der Waals surface area contributed by atoms with E-state index in [1.807, 2.05) is 0 Å². The fourth-order valence-corrected chi connectivity index (χ4v) is 4.58. The minimum Gasteiger partial charge on any atom is -0.339 e. The Morgan fingerprint density at radius 3 is 2.00 bits per heavy atom. The van der Waals surface area contributed by atoms with Crippen LogP contribution in [-0.4, -0.2) is 71.1 Å². The highest BCUT2D eigenvalue weighted by molar-refractivity contribution is 6.22. The second-order valence-corrected chi connectivity index (χ2v) is 8.45. The van der Waals surface area contributed by atoms with Crippen LogP contribution in [-0.2, 0) is 9.59 Å². The number of halogens is 1. The maximum Gasteiger partial charge on any atom is 0.262 e. The van der Waals surface area contributed by atoms with Crippen LogP contribution in [0.4, 0.5) is 4.39 Å². The summed E-state index contributed by atoms with van der Waals surface area (Å²) in [5.74, 6) is -1.41. The third kappa shape index (κ3) is 3.55. The Labute approximate surface area is 184 Å². The molecule has 0 spiro atoms. The first-order chi connectivity index (χ1) is 15.4. The van der Waals surface area contributed by atoms with Crippen molar-refractivity contribution in [2.75, 3.05) is 32.7 Å². The first-order valence-electron chi connectivity index (χ1n) is 10.7. The molecule has 0 unspecified atom stereocenters. The minimum atomic E-state index is -0.451. The number of carbonyl (C=O) groups excluding carboxylic acids is 4. The second-order valence-electron chi connectivity index (χ2n) is 8.45. The highest BCUT2D eigenvalue weighted by Crippen LogP contribution is 2.48. The largest absolute Gasteiger partial charge is 0.339 e. The third-order valence-corrected chi connectivity index (χ3v) is 6.52. The number of rotatable bonds is 4. The smallest absolute Gasteiger partial charge is 0.262 e. The number of amides is 4. The Kier molecular flexibility index (Phi) is 5.00. The van der Waals surface area contributed by atoms with Crippen LogP contribution in [0.25, 0.3) is 0 Å². The van der Waals surface area contributed by atoms with Crippen LogP contribution in [0.15, 0.2) is 48.5 Å². The van der Waals surface area contributed by atoms with Crippen LogP contribution in [0.3, 0.4) is 0 Å². The number of piperazine rings is 1. The summed E-state index contributed by atoms with van der Waals surface area (Å²) in [5, 5.41) is 0. The first kappa shape index (κ1) is 20.4. The van der Waals surface area contributed by atoms with Gasteiger partial charge in [0.15, 0.2) is 0 Å². The average Bonchev–Trinajstić information content (AvgIpc) is 3.58. The molecule has 4 amide bonds. The van der Waals surface area contributed by atoms with E-state index in [1.54, 1.807) is 46.2 Å². The van der Waals surface area contributed by atoms with E-state index in [-0.39, 0.29) is 36.0 Å². The fourth-order valence-electron chi connectivity index (χ4n) is 4.58.